The van der Waals surface area contributed by atoms with E-state index >= 15 is 0 Å². The molecule has 5 aromatic heterocycles. The van der Waals surface area contributed by atoms with Crippen LogP contribution in [0.15, 0.2) is 47.7 Å². The molecule has 0 bridgehead atoms. The Hall–Kier alpha value is -4.32. The molecule has 0 spiro atoms. The molecule has 0 saturated heterocycles. The Morgan fingerprint density at radius 1 is 1.18 bits per heavy atom. The van der Waals surface area contributed by atoms with Crippen LogP contribution in [0.4, 0.5) is 0 Å². The van der Waals surface area contributed by atoms with Gasteiger partial charge in [0.15, 0.2) is 11.6 Å². The first-order chi connectivity index (χ1) is 16.6. The molecule has 0 aliphatic rings. The number of aryl methyl sites for hydroxylation is 1. The number of carbonyl (C=O) groups is 1. The quantitative estimate of drug-likeness (QED) is 0.366. The predicted octanol–water partition coefficient (Wildman–Crippen LogP) is 2.30. The summed E-state index contributed by atoms with van der Waals surface area (Å²) in [6.45, 7) is 0.313. The number of rotatable bonds is 5. The molecule has 6 aromatic rings. The number of esters is 1. The minimum Gasteiger partial charge on any atom is -0.468 e. The monoisotopic (exact) mass is 474 g/mol. The van der Waals surface area contributed by atoms with Gasteiger partial charge in [-0.1, -0.05) is 12.1 Å². The van der Waals surface area contributed by atoms with E-state index in [9.17, 15) is 9.59 Å². The van der Waals surface area contributed by atoms with Gasteiger partial charge in [-0.15, -0.1) is 11.3 Å². The van der Waals surface area contributed by atoms with E-state index in [1.165, 1.54) is 23.1 Å². The summed E-state index contributed by atoms with van der Waals surface area (Å²) in [7, 11) is 3.13. The average molecular weight is 475 g/mol. The second-order valence-electron chi connectivity index (χ2n) is 7.85. The molecule has 5 heterocycles. The molecular formula is C22H18N8O3S. The fourth-order valence-electron chi connectivity index (χ4n) is 4.28. The molecule has 34 heavy (non-hydrogen) atoms. The first-order valence-electron chi connectivity index (χ1n) is 10.4. The second kappa shape index (κ2) is 7.63. The van der Waals surface area contributed by atoms with Gasteiger partial charge in [-0.2, -0.15) is 15.3 Å². The number of aromatic nitrogens is 8. The molecule has 1 atom stereocenters. The number of methoxy groups -OCH3 is 1. The number of ether oxygens (including phenoxy) is 1. The van der Waals surface area contributed by atoms with Gasteiger partial charge < -0.3 is 9.30 Å². The molecule has 2 N–H and O–H groups in total. The minimum absolute atomic E-state index is 0.217. The highest BCUT2D eigenvalue weighted by atomic mass is 32.1. The van der Waals surface area contributed by atoms with Crippen molar-refractivity contribution in [2.45, 2.75) is 12.5 Å². The molecule has 6 rings (SSSR count). The number of thiazole rings is 1. The summed E-state index contributed by atoms with van der Waals surface area (Å²) in [4.78, 5) is 30.6. The maximum Gasteiger partial charge on any atom is 0.321 e. The van der Waals surface area contributed by atoms with Gasteiger partial charge in [0.05, 0.1) is 42.0 Å². The van der Waals surface area contributed by atoms with Gasteiger partial charge in [-0.25, -0.2) is 9.67 Å². The Morgan fingerprint density at radius 2 is 2.06 bits per heavy atom. The summed E-state index contributed by atoms with van der Waals surface area (Å²) < 4.78 is 8.98. The molecule has 0 radical (unpaired) electrons. The van der Waals surface area contributed by atoms with Crippen molar-refractivity contribution in [3.05, 3.63) is 69.5 Å². The van der Waals surface area contributed by atoms with Crippen LogP contribution in [-0.2, 0) is 23.1 Å². The number of nitrogens with zero attached hydrogens (tertiary/aromatic N) is 6. The van der Waals surface area contributed by atoms with E-state index in [0.29, 0.717) is 33.8 Å². The maximum absolute atomic E-state index is 13.4. The largest absolute Gasteiger partial charge is 0.468 e. The van der Waals surface area contributed by atoms with Crippen LogP contribution in [0.5, 0.6) is 0 Å². The van der Waals surface area contributed by atoms with E-state index in [1.807, 2.05) is 18.2 Å². The Morgan fingerprint density at radius 3 is 2.85 bits per heavy atom. The fourth-order valence-corrected chi connectivity index (χ4v) is 5.49. The van der Waals surface area contributed by atoms with Crippen LogP contribution in [0.1, 0.15) is 22.2 Å². The van der Waals surface area contributed by atoms with Gasteiger partial charge in [0.2, 0.25) is 0 Å². The summed E-state index contributed by atoms with van der Waals surface area (Å²) in [5, 5.41) is 20.4. The summed E-state index contributed by atoms with van der Waals surface area (Å²) in [5.74, 6) is -1.18. The van der Waals surface area contributed by atoms with Gasteiger partial charge in [0.1, 0.15) is 10.5 Å². The van der Waals surface area contributed by atoms with Gasteiger partial charge in [0.25, 0.3) is 5.56 Å². The first-order valence-corrected chi connectivity index (χ1v) is 11.2. The van der Waals surface area contributed by atoms with E-state index in [-0.39, 0.29) is 5.56 Å². The van der Waals surface area contributed by atoms with Gasteiger partial charge >= 0.3 is 5.97 Å². The zero-order chi connectivity index (χ0) is 23.4. The van der Waals surface area contributed by atoms with Crippen molar-refractivity contribution in [2.24, 2.45) is 7.05 Å². The van der Waals surface area contributed by atoms with Gasteiger partial charge in [-0.05, 0) is 17.7 Å². The number of hydrogen-bond acceptors (Lipinski definition) is 8. The summed E-state index contributed by atoms with van der Waals surface area (Å²) in [6.07, 6.45) is 5.00. The van der Waals surface area contributed by atoms with Crippen molar-refractivity contribution >= 4 is 49.5 Å². The number of H-pyrrole nitrogens is 2. The molecular weight excluding hydrogens is 456 g/mol. The first kappa shape index (κ1) is 20.3. The summed E-state index contributed by atoms with van der Waals surface area (Å²) in [6, 6.07) is 7.52. The number of fused-ring (bicyclic) bond motifs is 4. The van der Waals surface area contributed by atoms with Gasteiger partial charge in [-0.3, -0.25) is 19.8 Å². The number of aromatic amines is 2. The van der Waals surface area contributed by atoms with Crippen LogP contribution in [0.25, 0.3) is 32.2 Å². The summed E-state index contributed by atoms with van der Waals surface area (Å²) >= 11 is 1.34. The standard InChI is InChI=1S/C22H18N8O3S/c1-29-17-13(9-25-30(21(17)31)10-11-4-3-5-14-12(11)8-24-27-14)18-19(29)26-20(34-18)16(22(32)33-2)15-6-7-23-28-15/h3-9,16H,10H2,1-2H3,(H,23,28)(H,24,27). The van der Waals surface area contributed by atoms with E-state index in [1.54, 1.807) is 36.3 Å². The smallest absolute Gasteiger partial charge is 0.321 e. The van der Waals surface area contributed by atoms with Crippen LogP contribution in [0.3, 0.4) is 0 Å². The molecule has 11 nitrogen and oxygen atoms in total. The molecule has 1 aromatic carbocycles. The van der Waals surface area contributed by atoms with Crippen molar-refractivity contribution < 1.29 is 9.53 Å². The highest BCUT2D eigenvalue weighted by molar-refractivity contribution is 7.19. The number of benzene rings is 1. The highest BCUT2D eigenvalue weighted by Gasteiger charge is 2.30. The van der Waals surface area contributed by atoms with E-state index in [2.05, 4.69) is 25.5 Å². The number of hydrogen-bond donors (Lipinski definition) is 2. The van der Waals surface area contributed by atoms with Crippen molar-refractivity contribution in [1.82, 2.24) is 39.7 Å². The SMILES string of the molecule is COC(=O)C(c1ccn[nH]1)c1nc2c(s1)c1cnn(Cc3cccc4[nH]ncc34)c(=O)c1n2C. The Kier molecular flexibility index (Phi) is 4.55. The second-order valence-corrected chi connectivity index (χ2v) is 8.88. The lowest BCUT2D eigenvalue weighted by Crippen LogP contribution is -2.24. The van der Waals surface area contributed by atoms with Crippen molar-refractivity contribution in [1.29, 1.82) is 0 Å². The van der Waals surface area contributed by atoms with Crippen LogP contribution in [0.2, 0.25) is 0 Å². The molecule has 0 aliphatic carbocycles. The Bertz CT molecular complexity index is 1740. The highest BCUT2D eigenvalue weighted by Crippen LogP contribution is 2.36. The lowest BCUT2D eigenvalue weighted by molar-refractivity contribution is -0.141. The average Bonchev–Trinajstić information content (AvgIpc) is 3.63. The third kappa shape index (κ3) is 2.95. The van der Waals surface area contributed by atoms with E-state index < -0.39 is 11.9 Å². The predicted molar refractivity (Wildman–Crippen MR) is 126 cm³/mol. The van der Waals surface area contributed by atoms with Crippen LogP contribution in [-0.4, -0.2) is 52.8 Å². The maximum atomic E-state index is 13.4. The molecule has 170 valence electrons. The van der Waals surface area contributed by atoms with Crippen LogP contribution >= 0.6 is 11.3 Å². The van der Waals surface area contributed by atoms with E-state index in [4.69, 9.17) is 9.72 Å². The number of nitrogens with one attached hydrogen (secondary N) is 2. The topological polar surface area (TPSA) is 136 Å². The van der Waals surface area contributed by atoms with E-state index in [0.717, 1.165) is 21.2 Å². The third-order valence-electron chi connectivity index (χ3n) is 5.95. The molecule has 0 saturated carbocycles. The van der Waals surface area contributed by atoms with Crippen molar-refractivity contribution in [2.75, 3.05) is 7.11 Å². The molecule has 12 heteroatoms. The molecule has 1 unspecified atom stereocenters. The van der Waals surface area contributed by atoms with Crippen molar-refractivity contribution in [3.8, 4) is 0 Å². The minimum atomic E-state index is -0.733. The summed E-state index contributed by atoms with van der Waals surface area (Å²) in [5.41, 5.74) is 3.33. The third-order valence-corrected chi connectivity index (χ3v) is 7.10. The lowest BCUT2D eigenvalue weighted by Gasteiger charge is -2.10. The number of carbonyl (C=O) groups excluding carboxylic acids is 1. The van der Waals surface area contributed by atoms with Crippen molar-refractivity contribution in [3.63, 3.8) is 0 Å². The Balaban J connectivity index is 1.47. The zero-order valence-corrected chi connectivity index (χ0v) is 19.0. The Labute approximate surface area is 195 Å². The van der Waals surface area contributed by atoms with Crippen LogP contribution in [0, 0.1) is 0 Å². The normalized spacial score (nSPS) is 12.6. The molecule has 0 fully saturated rings. The zero-order valence-electron chi connectivity index (χ0n) is 18.1. The molecule has 0 aliphatic heterocycles. The van der Waals surface area contributed by atoms with Crippen LogP contribution < -0.4 is 5.56 Å². The van der Waals surface area contributed by atoms with Gasteiger partial charge in [0, 0.05) is 24.0 Å². The molecule has 0 amide bonds. The fraction of sp³-hybridized carbons (Fsp3) is 0.182. The lowest BCUT2D eigenvalue weighted by atomic mass is 10.1.